The van der Waals surface area contributed by atoms with Crippen molar-refractivity contribution in [2.45, 2.75) is 19.3 Å². The number of hydrogen-bond acceptors (Lipinski definition) is 4. The van der Waals surface area contributed by atoms with Gasteiger partial charge in [0.1, 0.15) is 0 Å². The second-order valence-electron chi connectivity index (χ2n) is 5.89. The number of benzene rings is 1. The lowest BCUT2D eigenvalue weighted by atomic mass is 9.91. The molecule has 0 spiro atoms. The van der Waals surface area contributed by atoms with Gasteiger partial charge >= 0.3 is 6.03 Å². The smallest absolute Gasteiger partial charge is 0.323 e. The molecule has 2 aromatic rings. The number of hydrogen-bond donors (Lipinski definition) is 2. The Morgan fingerprint density at radius 2 is 2.04 bits per heavy atom. The number of aromatic nitrogens is 2. The van der Waals surface area contributed by atoms with Gasteiger partial charge in [-0.2, -0.15) is 0 Å². The third-order valence-corrected chi connectivity index (χ3v) is 4.39. The van der Waals surface area contributed by atoms with Gasteiger partial charge in [-0.25, -0.2) is 14.8 Å². The Balaban J connectivity index is 1.52. The number of anilines is 1. The molecule has 1 aliphatic rings. The van der Waals surface area contributed by atoms with Gasteiger partial charge in [0.25, 0.3) is 0 Å². The number of carbonyl (C=O) groups excluding carboxylic acids is 1. The van der Waals surface area contributed by atoms with Crippen molar-refractivity contribution < 1.29 is 4.79 Å². The average Bonchev–Trinajstić information content (AvgIpc) is 2.62. The predicted molar refractivity (Wildman–Crippen MR) is 93.6 cm³/mol. The molecule has 1 aliphatic heterocycles. The van der Waals surface area contributed by atoms with Crippen LogP contribution >= 0.6 is 11.6 Å². The standard InChI is InChI=1S/C17H20ClN5O/c18-15-16(20-9-8-19-15)21-22-17(24)23-10-4-7-14(12-23)11-13-5-2-1-3-6-13/h1-3,5-6,8-9,14H,4,7,10-12H2,(H,20,21)(H,22,24). The summed E-state index contributed by atoms with van der Waals surface area (Å²) in [6.45, 7) is 1.50. The molecule has 1 atom stereocenters. The lowest BCUT2D eigenvalue weighted by Crippen LogP contribution is -2.47. The van der Waals surface area contributed by atoms with Crippen LogP contribution in [0.3, 0.4) is 0 Å². The first-order valence-corrected chi connectivity index (χ1v) is 8.41. The first-order valence-electron chi connectivity index (χ1n) is 8.04. The molecule has 2 heterocycles. The maximum absolute atomic E-state index is 12.3. The summed E-state index contributed by atoms with van der Waals surface area (Å²) in [7, 11) is 0. The van der Waals surface area contributed by atoms with Crippen LogP contribution in [0.15, 0.2) is 42.7 Å². The summed E-state index contributed by atoms with van der Waals surface area (Å²) < 4.78 is 0. The number of rotatable bonds is 4. The minimum Gasteiger partial charge on any atom is -0.323 e. The number of nitrogens with one attached hydrogen (secondary N) is 2. The largest absolute Gasteiger partial charge is 0.336 e. The molecule has 1 unspecified atom stereocenters. The Morgan fingerprint density at radius 1 is 1.25 bits per heavy atom. The van der Waals surface area contributed by atoms with Crippen LogP contribution in [0.5, 0.6) is 0 Å². The highest BCUT2D eigenvalue weighted by atomic mass is 35.5. The van der Waals surface area contributed by atoms with Gasteiger partial charge in [0.2, 0.25) is 0 Å². The summed E-state index contributed by atoms with van der Waals surface area (Å²) in [4.78, 5) is 22.1. The summed E-state index contributed by atoms with van der Waals surface area (Å²) >= 11 is 5.91. The Hall–Kier alpha value is -2.34. The molecule has 2 N–H and O–H groups in total. The summed E-state index contributed by atoms with van der Waals surface area (Å²) in [5.41, 5.74) is 6.69. The van der Waals surface area contributed by atoms with E-state index in [1.807, 2.05) is 11.0 Å². The van der Waals surface area contributed by atoms with Gasteiger partial charge in [-0.05, 0) is 30.7 Å². The number of urea groups is 1. The van der Waals surface area contributed by atoms with Crippen molar-refractivity contribution >= 4 is 23.4 Å². The van der Waals surface area contributed by atoms with E-state index in [1.54, 1.807) is 0 Å². The van der Waals surface area contributed by atoms with Crippen LogP contribution in [-0.4, -0.2) is 34.0 Å². The molecule has 1 aromatic carbocycles. The minimum atomic E-state index is -0.172. The van der Waals surface area contributed by atoms with Crippen LogP contribution in [0, 0.1) is 5.92 Å². The van der Waals surface area contributed by atoms with E-state index in [9.17, 15) is 4.79 Å². The van der Waals surface area contributed by atoms with Crippen molar-refractivity contribution in [2.75, 3.05) is 18.5 Å². The van der Waals surface area contributed by atoms with Gasteiger partial charge < -0.3 is 4.90 Å². The maximum Gasteiger partial charge on any atom is 0.336 e. The highest BCUT2D eigenvalue weighted by molar-refractivity contribution is 6.31. The van der Waals surface area contributed by atoms with Crippen molar-refractivity contribution in [1.29, 1.82) is 0 Å². The van der Waals surface area contributed by atoms with Crippen LogP contribution < -0.4 is 10.9 Å². The molecule has 6 nitrogen and oxygen atoms in total. The highest BCUT2D eigenvalue weighted by Gasteiger charge is 2.23. The monoisotopic (exact) mass is 345 g/mol. The first-order chi connectivity index (χ1) is 11.7. The molecule has 1 aromatic heterocycles. The number of halogens is 1. The maximum atomic E-state index is 12.3. The third-order valence-electron chi connectivity index (χ3n) is 4.11. The van der Waals surface area contributed by atoms with Crippen molar-refractivity contribution in [3.63, 3.8) is 0 Å². The molecule has 126 valence electrons. The quantitative estimate of drug-likeness (QED) is 0.835. The highest BCUT2D eigenvalue weighted by Crippen LogP contribution is 2.21. The average molecular weight is 346 g/mol. The van der Waals surface area contributed by atoms with Crippen LogP contribution in [0.1, 0.15) is 18.4 Å². The van der Waals surface area contributed by atoms with E-state index < -0.39 is 0 Å². The van der Waals surface area contributed by atoms with Crippen LogP contribution in [-0.2, 0) is 6.42 Å². The molecule has 0 aliphatic carbocycles. The number of carbonyl (C=O) groups is 1. The molecule has 2 amide bonds. The molecule has 24 heavy (non-hydrogen) atoms. The molecule has 1 fully saturated rings. The number of amides is 2. The number of hydrazine groups is 1. The molecule has 7 heteroatoms. The topological polar surface area (TPSA) is 70.1 Å². The zero-order chi connectivity index (χ0) is 16.8. The minimum absolute atomic E-state index is 0.172. The van der Waals surface area contributed by atoms with Gasteiger partial charge in [0, 0.05) is 25.5 Å². The first kappa shape index (κ1) is 16.5. The molecule has 0 saturated carbocycles. The third kappa shape index (κ3) is 4.35. The molecule has 3 rings (SSSR count). The predicted octanol–water partition coefficient (Wildman–Crippen LogP) is 3.12. The molecule has 0 bridgehead atoms. The van der Waals surface area contributed by atoms with Crippen molar-refractivity contribution in [3.05, 3.63) is 53.4 Å². The van der Waals surface area contributed by atoms with Crippen LogP contribution in [0.4, 0.5) is 10.6 Å². The normalized spacial score (nSPS) is 17.4. The lowest BCUT2D eigenvalue weighted by molar-refractivity contribution is 0.167. The Bertz CT molecular complexity index is 682. The SMILES string of the molecule is O=C(NNc1nccnc1Cl)N1CCCC(Cc2ccccc2)C1. The van der Waals surface area contributed by atoms with Gasteiger partial charge in [-0.15, -0.1) is 0 Å². The Morgan fingerprint density at radius 3 is 2.83 bits per heavy atom. The summed E-state index contributed by atoms with van der Waals surface area (Å²) in [6.07, 6.45) is 6.15. The van der Waals surface area contributed by atoms with Gasteiger partial charge in [-0.1, -0.05) is 41.9 Å². The van der Waals surface area contributed by atoms with E-state index in [0.29, 0.717) is 11.7 Å². The number of piperidine rings is 1. The van der Waals surface area contributed by atoms with E-state index in [1.165, 1.54) is 18.0 Å². The van der Waals surface area contributed by atoms with Gasteiger partial charge in [-0.3, -0.25) is 10.9 Å². The summed E-state index contributed by atoms with van der Waals surface area (Å²) in [5.74, 6) is 0.817. The summed E-state index contributed by atoms with van der Waals surface area (Å²) in [5, 5.41) is 0.221. The van der Waals surface area contributed by atoms with Gasteiger partial charge in [0.15, 0.2) is 11.0 Å². The van der Waals surface area contributed by atoms with E-state index in [0.717, 1.165) is 32.4 Å². The zero-order valence-electron chi connectivity index (χ0n) is 13.3. The summed E-state index contributed by atoms with van der Waals surface area (Å²) in [6, 6.07) is 10.2. The number of nitrogens with zero attached hydrogens (tertiary/aromatic N) is 3. The molecular formula is C17H20ClN5O. The second-order valence-corrected chi connectivity index (χ2v) is 6.25. The van der Waals surface area contributed by atoms with E-state index in [-0.39, 0.29) is 11.2 Å². The van der Waals surface area contributed by atoms with E-state index >= 15 is 0 Å². The van der Waals surface area contributed by atoms with Crippen molar-refractivity contribution in [2.24, 2.45) is 5.92 Å². The molecular weight excluding hydrogens is 326 g/mol. The molecule has 1 saturated heterocycles. The second kappa shape index (κ2) is 7.97. The Labute approximate surface area is 146 Å². The van der Waals surface area contributed by atoms with E-state index in [2.05, 4.69) is 45.1 Å². The molecule has 0 radical (unpaired) electrons. The van der Waals surface area contributed by atoms with Gasteiger partial charge in [0.05, 0.1) is 0 Å². The fourth-order valence-corrected chi connectivity index (χ4v) is 3.11. The Kier molecular flexibility index (Phi) is 5.48. The lowest BCUT2D eigenvalue weighted by Gasteiger charge is -2.32. The van der Waals surface area contributed by atoms with Crippen molar-refractivity contribution in [1.82, 2.24) is 20.3 Å². The fraction of sp³-hybridized carbons (Fsp3) is 0.353. The van der Waals surface area contributed by atoms with Crippen LogP contribution in [0.2, 0.25) is 5.15 Å². The van der Waals surface area contributed by atoms with E-state index in [4.69, 9.17) is 11.6 Å². The zero-order valence-corrected chi connectivity index (χ0v) is 14.0. The van der Waals surface area contributed by atoms with Crippen LogP contribution in [0.25, 0.3) is 0 Å². The van der Waals surface area contributed by atoms with Crippen molar-refractivity contribution in [3.8, 4) is 0 Å². The fourth-order valence-electron chi connectivity index (χ4n) is 2.96. The number of likely N-dealkylation sites (tertiary alicyclic amines) is 1.